The molecule has 0 aromatic heterocycles. The van der Waals surface area contributed by atoms with Crippen LogP contribution < -0.4 is 0 Å². The molecule has 0 fully saturated rings. The van der Waals surface area contributed by atoms with E-state index in [2.05, 4.69) is 0 Å². The molecule has 0 aromatic carbocycles. The molecule has 9 heavy (non-hydrogen) atoms. The van der Waals surface area contributed by atoms with Gasteiger partial charge in [-0.1, -0.05) is 0 Å². The Labute approximate surface area is 84.1 Å². The molecule has 5 heteroatoms. The van der Waals surface area contributed by atoms with Crippen molar-refractivity contribution in [3.63, 3.8) is 0 Å². The van der Waals surface area contributed by atoms with Crippen molar-refractivity contribution < 1.29 is 0 Å². The summed E-state index contributed by atoms with van der Waals surface area (Å²) in [5.74, 6) is 0. The van der Waals surface area contributed by atoms with Crippen LogP contribution in [0.3, 0.4) is 0 Å². The Morgan fingerprint density at radius 2 is 1.11 bits per heavy atom. The van der Waals surface area contributed by atoms with E-state index in [1.54, 1.807) is 0 Å². The number of hydrogen-bond donors (Lipinski definition) is 0. The molecule has 0 radical (unpaired) electrons. The second kappa shape index (κ2) is 3.27. The zero-order valence-electron chi connectivity index (χ0n) is 4.22. The topological polar surface area (TPSA) is 0 Å². The molecule has 0 nitrogen and oxygen atoms in total. The fourth-order valence-corrected chi connectivity index (χ4v) is 7.50. The van der Waals surface area contributed by atoms with E-state index >= 15 is 0 Å². The van der Waals surface area contributed by atoms with Crippen molar-refractivity contribution in [2.24, 2.45) is 0 Å². The van der Waals surface area contributed by atoms with E-state index in [-0.39, 0.29) is 0 Å². The van der Waals surface area contributed by atoms with Crippen LogP contribution in [0.4, 0.5) is 0 Å². The first kappa shape index (κ1) is 8.61. The molecular formula is C4HCl4In. The van der Waals surface area contributed by atoms with Crippen molar-refractivity contribution in [1.29, 1.82) is 0 Å². The van der Waals surface area contributed by atoms with Gasteiger partial charge in [0.25, 0.3) is 0 Å². The van der Waals surface area contributed by atoms with Crippen LogP contribution in [0.2, 0.25) is 0 Å². The second-order valence-corrected chi connectivity index (χ2v) is 10.9. The predicted octanol–water partition coefficient (Wildman–Crippen LogP) is 2.73. The van der Waals surface area contributed by atoms with E-state index in [1.165, 1.54) is 0 Å². The Morgan fingerprint density at radius 1 is 0.778 bits per heavy atom. The minimum absolute atomic E-state index is 0.471. The minimum atomic E-state index is -1.27. The quantitative estimate of drug-likeness (QED) is 0.645. The molecule has 1 rings (SSSR count). The van der Waals surface area contributed by atoms with E-state index in [4.69, 9.17) is 46.4 Å². The van der Waals surface area contributed by atoms with Crippen molar-refractivity contribution in [2.45, 2.75) is 0 Å². The first-order valence-electron chi connectivity index (χ1n) is 2.21. The van der Waals surface area contributed by atoms with Crippen LogP contribution in [0.1, 0.15) is 0 Å². The zero-order valence-corrected chi connectivity index (χ0v) is 11.3. The van der Waals surface area contributed by atoms with Crippen LogP contribution in [-0.4, -0.2) is 22.9 Å². The number of rotatable bonds is 0. The summed E-state index contributed by atoms with van der Waals surface area (Å²) < 4.78 is 1.46. The molecule has 0 amide bonds. The van der Waals surface area contributed by atoms with Gasteiger partial charge in [-0.05, 0) is 0 Å². The summed E-state index contributed by atoms with van der Waals surface area (Å²) in [6.07, 6.45) is 0. The van der Waals surface area contributed by atoms with Crippen LogP contribution in [-0.2, 0) is 0 Å². The fraction of sp³-hybridized carbons (Fsp3) is 0. The molecule has 0 saturated heterocycles. The third-order valence-corrected chi connectivity index (χ3v) is 9.34. The van der Waals surface area contributed by atoms with Gasteiger partial charge in [-0.3, -0.25) is 0 Å². The molecule has 48 valence electrons. The summed E-state index contributed by atoms with van der Waals surface area (Å²) in [5, 5.41) is 0.943. The van der Waals surface area contributed by atoms with Gasteiger partial charge in [-0.2, -0.15) is 0 Å². The maximum atomic E-state index is 5.68. The molecule has 0 spiro atoms. The summed E-state index contributed by atoms with van der Waals surface area (Å²) in [7, 11) is 0. The molecule has 0 bridgehead atoms. The van der Waals surface area contributed by atoms with Crippen LogP contribution in [0.5, 0.6) is 0 Å². The summed E-state index contributed by atoms with van der Waals surface area (Å²) >= 11 is 21.4. The molecule has 0 aromatic rings. The first-order valence-corrected chi connectivity index (χ1v) is 7.76. The average molecular weight is 306 g/mol. The Balaban J connectivity index is 2.97. The van der Waals surface area contributed by atoms with Gasteiger partial charge in [0.15, 0.2) is 0 Å². The Bertz CT molecular complexity index is 183. The molecule has 1 aliphatic heterocycles. The average Bonchev–Trinajstić information content (AvgIpc) is 1.98. The van der Waals surface area contributed by atoms with Gasteiger partial charge in [-0.25, -0.2) is 0 Å². The van der Waals surface area contributed by atoms with Gasteiger partial charge in [0.2, 0.25) is 0 Å². The standard InChI is InChI=1S/C4Cl4.In.H/c5-1-3(7)4(8)2-6;;. The van der Waals surface area contributed by atoms with Gasteiger partial charge < -0.3 is 0 Å². The molecule has 0 saturated carbocycles. The van der Waals surface area contributed by atoms with Gasteiger partial charge >= 0.3 is 85.0 Å². The summed E-state index contributed by atoms with van der Waals surface area (Å²) in [6, 6.07) is 0. The SMILES string of the molecule is Cl[C]1=C(Cl)C(Cl)=[C](Cl)[InH]1. The Morgan fingerprint density at radius 3 is 1.22 bits per heavy atom. The van der Waals surface area contributed by atoms with Crippen molar-refractivity contribution in [3.8, 4) is 0 Å². The summed E-state index contributed by atoms with van der Waals surface area (Å²) in [6.45, 7) is 0. The van der Waals surface area contributed by atoms with Crippen molar-refractivity contribution in [3.05, 3.63) is 15.6 Å². The predicted molar refractivity (Wildman–Crippen MR) is 44.6 cm³/mol. The maximum absolute atomic E-state index is 5.68. The third kappa shape index (κ3) is 1.75. The molecule has 0 unspecified atom stereocenters. The number of halogens is 4. The van der Waals surface area contributed by atoms with E-state index in [0.29, 0.717) is 10.1 Å². The first-order chi connectivity index (χ1) is 4.13. The van der Waals surface area contributed by atoms with Crippen LogP contribution in [0.15, 0.2) is 15.6 Å². The number of allylic oxidation sites excluding steroid dienone is 2. The van der Waals surface area contributed by atoms with Gasteiger partial charge in [0, 0.05) is 0 Å². The van der Waals surface area contributed by atoms with Crippen LogP contribution in [0, 0.1) is 0 Å². The van der Waals surface area contributed by atoms with Gasteiger partial charge in [-0.15, -0.1) is 0 Å². The molecular weight excluding hydrogens is 305 g/mol. The van der Waals surface area contributed by atoms with E-state index < -0.39 is 22.9 Å². The molecule has 1 heterocycles. The van der Waals surface area contributed by atoms with Gasteiger partial charge in [0.1, 0.15) is 0 Å². The van der Waals surface area contributed by atoms with Crippen LogP contribution in [0.25, 0.3) is 0 Å². The summed E-state index contributed by atoms with van der Waals surface area (Å²) in [4.78, 5) is 0. The van der Waals surface area contributed by atoms with E-state index in [1.807, 2.05) is 0 Å². The molecule has 0 atom stereocenters. The van der Waals surface area contributed by atoms with E-state index in [0.717, 1.165) is 5.58 Å². The van der Waals surface area contributed by atoms with Crippen LogP contribution >= 0.6 is 46.4 Å². The molecule has 0 aliphatic carbocycles. The Hall–Kier alpha value is 1.51. The zero-order chi connectivity index (χ0) is 7.02. The molecule has 1 aliphatic rings. The molecule has 0 N–H and O–H groups in total. The monoisotopic (exact) mass is 304 g/mol. The Kier molecular flexibility index (Phi) is 3.13. The second-order valence-electron chi connectivity index (χ2n) is 1.61. The van der Waals surface area contributed by atoms with Crippen molar-refractivity contribution >= 4 is 69.3 Å². The van der Waals surface area contributed by atoms with Crippen molar-refractivity contribution in [2.75, 3.05) is 0 Å². The van der Waals surface area contributed by atoms with Gasteiger partial charge in [0.05, 0.1) is 0 Å². The normalized spacial score (nSPS) is 19.1. The van der Waals surface area contributed by atoms with Crippen molar-refractivity contribution in [1.82, 2.24) is 0 Å². The number of hydrogen-bond acceptors (Lipinski definition) is 0. The summed E-state index contributed by atoms with van der Waals surface area (Å²) in [5.41, 5.74) is 0. The fourth-order valence-electron chi connectivity index (χ4n) is 0.530. The third-order valence-electron chi connectivity index (χ3n) is 0.979. The van der Waals surface area contributed by atoms with E-state index in [9.17, 15) is 0 Å².